The second-order valence-corrected chi connectivity index (χ2v) is 8.94. The number of nitrogens with one attached hydrogen (secondary N) is 1. The summed E-state index contributed by atoms with van der Waals surface area (Å²) in [6.07, 6.45) is 1.55. The number of rotatable bonds is 5. The van der Waals surface area contributed by atoms with E-state index in [0.29, 0.717) is 26.7 Å². The van der Waals surface area contributed by atoms with Crippen LogP contribution in [0.2, 0.25) is 15.1 Å². The van der Waals surface area contributed by atoms with Crippen molar-refractivity contribution in [3.05, 3.63) is 110 Å². The van der Waals surface area contributed by atoms with Crippen LogP contribution in [0.25, 0.3) is 0 Å². The number of aromatic nitrogens is 2. The molecular formula is C25H15Cl3N4O3. The molecule has 0 spiro atoms. The third kappa shape index (κ3) is 4.30. The molecule has 1 aliphatic rings. The highest BCUT2D eigenvalue weighted by Crippen LogP contribution is 2.30. The van der Waals surface area contributed by atoms with Crippen molar-refractivity contribution in [3.8, 4) is 0 Å². The number of nitrogens with zero attached hydrogens (tertiary/aromatic N) is 3. The van der Waals surface area contributed by atoms with E-state index in [9.17, 15) is 14.4 Å². The lowest BCUT2D eigenvalue weighted by Crippen LogP contribution is -2.29. The van der Waals surface area contributed by atoms with E-state index in [0.717, 1.165) is 4.90 Å². The summed E-state index contributed by atoms with van der Waals surface area (Å²) in [7, 11) is 0. The van der Waals surface area contributed by atoms with Gasteiger partial charge in [0, 0.05) is 27.4 Å². The van der Waals surface area contributed by atoms with Gasteiger partial charge in [0.15, 0.2) is 5.82 Å². The molecule has 5 rings (SSSR count). The molecule has 3 aromatic carbocycles. The van der Waals surface area contributed by atoms with Gasteiger partial charge in [0.05, 0.1) is 23.4 Å². The Bertz CT molecular complexity index is 1460. The average Bonchev–Trinajstić information content (AvgIpc) is 3.32. The topological polar surface area (TPSA) is 84.3 Å². The SMILES string of the molecule is O=C(Nc1nn(Cc2c(Cl)cccc2Cl)cc1Cl)c1cccc(N2C(=O)c3ccccc3C2=O)c1. The lowest BCUT2D eigenvalue weighted by molar-refractivity contribution is 0.0924. The fraction of sp³-hybridized carbons (Fsp3) is 0.0400. The molecule has 1 aromatic heterocycles. The monoisotopic (exact) mass is 524 g/mol. The predicted molar refractivity (Wildman–Crippen MR) is 135 cm³/mol. The molecule has 4 aromatic rings. The highest BCUT2D eigenvalue weighted by atomic mass is 35.5. The summed E-state index contributed by atoms with van der Waals surface area (Å²) >= 11 is 18.7. The fourth-order valence-corrected chi connectivity index (χ4v) is 4.51. The summed E-state index contributed by atoms with van der Waals surface area (Å²) in [6.45, 7) is 0.253. The first-order valence-corrected chi connectivity index (χ1v) is 11.5. The standard InChI is InChI=1S/C25H15Cl3N4O3/c26-19-9-4-10-20(27)18(19)12-31-13-21(28)22(30-31)29-23(33)14-5-3-6-15(11-14)32-24(34)16-7-1-2-8-17(16)25(32)35/h1-11,13H,12H2,(H,29,30,33). The molecule has 174 valence electrons. The zero-order valence-electron chi connectivity index (χ0n) is 17.8. The Labute approximate surface area is 214 Å². The number of carbonyl (C=O) groups is 3. The number of imide groups is 1. The number of hydrogen-bond acceptors (Lipinski definition) is 4. The van der Waals surface area contributed by atoms with Crippen molar-refractivity contribution >= 4 is 64.0 Å². The van der Waals surface area contributed by atoms with E-state index in [2.05, 4.69) is 10.4 Å². The molecule has 0 radical (unpaired) electrons. The summed E-state index contributed by atoms with van der Waals surface area (Å²) in [4.78, 5) is 39.6. The number of carbonyl (C=O) groups excluding carboxylic acids is 3. The quantitative estimate of drug-likeness (QED) is 0.327. The summed E-state index contributed by atoms with van der Waals surface area (Å²) < 4.78 is 1.51. The third-order valence-corrected chi connectivity index (χ3v) is 6.48. The van der Waals surface area contributed by atoms with Gasteiger partial charge in [0.25, 0.3) is 17.7 Å². The molecule has 1 aliphatic heterocycles. The van der Waals surface area contributed by atoms with Gasteiger partial charge < -0.3 is 5.32 Å². The van der Waals surface area contributed by atoms with E-state index >= 15 is 0 Å². The van der Waals surface area contributed by atoms with Crippen LogP contribution in [0.5, 0.6) is 0 Å². The second-order valence-electron chi connectivity index (χ2n) is 7.72. The minimum atomic E-state index is -0.508. The molecule has 0 aliphatic carbocycles. The Kier molecular flexibility index (Phi) is 6.06. The number of benzene rings is 3. The smallest absolute Gasteiger partial charge is 0.266 e. The van der Waals surface area contributed by atoms with Crippen LogP contribution < -0.4 is 10.2 Å². The minimum absolute atomic E-state index is 0.144. The molecule has 0 saturated carbocycles. The van der Waals surface area contributed by atoms with Crippen LogP contribution in [-0.4, -0.2) is 27.5 Å². The van der Waals surface area contributed by atoms with E-state index in [1.807, 2.05) is 0 Å². The molecule has 1 N–H and O–H groups in total. The zero-order valence-corrected chi connectivity index (χ0v) is 20.1. The van der Waals surface area contributed by atoms with E-state index in [1.54, 1.807) is 66.9 Å². The van der Waals surface area contributed by atoms with Gasteiger partial charge in [-0.2, -0.15) is 5.10 Å². The van der Waals surface area contributed by atoms with Crippen molar-refractivity contribution in [2.24, 2.45) is 0 Å². The highest BCUT2D eigenvalue weighted by molar-refractivity contribution is 6.36. The lowest BCUT2D eigenvalue weighted by atomic mass is 10.1. The molecule has 0 saturated heterocycles. The molecular weight excluding hydrogens is 511 g/mol. The van der Waals surface area contributed by atoms with Gasteiger partial charge in [-0.25, -0.2) is 4.90 Å². The average molecular weight is 526 g/mol. The molecule has 7 nitrogen and oxygen atoms in total. The van der Waals surface area contributed by atoms with Crippen LogP contribution in [0.4, 0.5) is 11.5 Å². The zero-order chi connectivity index (χ0) is 24.7. The molecule has 0 bridgehead atoms. The van der Waals surface area contributed by atoms with E-state index < -0.39 is 17.7 Å². The normalized spacial score (nSPS) is 12.7. The van der Waals surface area contributed by atoms with Crippen LogP contribution in [0, 0.1) is 0 Å². The first-order chi connectivity index (χ1) is 16.8. The molecule has 3 amide bonds. The van der Waals surface area contributed by atoms with Gasteiger partial charge in [-0.1, -0.05) is 59.1 Å². The third-order valence-electron chi connectivity index (χ3n) is 5.49. The van der Waals surface area contributed by atoms with E-state index in [-0.39, 0.29) is 28.6 Å². The maximum absolute atomic E-state index is 12.9. The van der Waals surface area contributed by atoms with Gasteiger partial charge >= 0.3 is 0 Å². The van der Waals surface area contributed by atoms with Gasteiger partial charge in [-0.05, 0) is 42.5 Å². The molecule has 2 heterocycles. The summed E-state index contributed by atoms with van der Waals surface area (Å²) in [5.41, 5.74) is 1.82. The maximum Gasteiger partial charge on any atom is 0.266 e. The van der Waals surface area contributed by atoms with Crippen LogP contribution in [0.15, 0.2) is 72.9 Å². The van der Waals surface area contributed by atoms with Crippen molar-refractivity contribution in [1.82, 2.24) is 9.78 Å². The highest BCUT2D eigenvalue weighted by Gasteiger charge is 2.36. The van der Waals surface area contributed by atoms with Crippen LogP contribution in [0.3, 0.4) is 0 Å². The Morgan fingerprint density at radius 3 is 2.11 bits per heavy atom. The molecule has 10 heteroatoms. The van der Waals surface area contributed by atoms with Gasteiger partial charge in [0.1, 0.15) is 5.02 Å². The number of amides is 3. The number of fused-ring (bicyclic) bond motifs is 1. The van der Waals surface area contributed by atoms with Crippen LogP contribution in [-0.2, 0) is 6.54 Å². The number of hydrogen-bond donors (Lipinski definition) is 1. The lowest BCUT2D eigenvalue weighted by Gasteiger charge is -2.15. The molecule has 0 atom stereocenters. The fourth-order valence-electron chi connectivity index (χ4n) is 3.80. The first-order valence-electron chi connectivity index (χ1n) is 10.4. The maximum atomic E-state index is 12.9. The van der Waals surface area contributed by atoms with Crippen molar-refractivity contribution < 1.29 is 14.4 Å². The Morgan fingerprint density at radius 2 is 1.46 bits per heavy atom. The van der Waals surface area contributed by atoms with Crippen LogP contribution in [0.1, 0.15) is 36.6 Å². The van der Waals surface area contributed by atoms with E-state index in [4.69, 9.17) is 34.8 Å². The second kappa shape index (κ2) is 9.19. The Hall–Kier alpha value is -3.65. The Morgan fingerprint density at radius 1 is 0.829 bits per heavy atom. The van der Waals surface area contributed by atoms with Crippen molar-refractivity contribution in [2.45, 2.75) is 6.54 Å². The minimum Gasteiger partial charge on any atom is -0.304 e. The van der Waals surface area contributed by atoms with Crippen molar-refractivity contribution in [1.29, 1.82) is 0 Å². The number of halogens is 3. The number of anilines is 2. The van der Waals surface area contributed by atoms with Gasteiger partial charge in [-0.3, -0.25) is 19.1 Å². The van der Waals surface area contributed by atoms with Gasteiger partial charge in [-0.15, -0.1) is 0 Å². The van der Waals surface area contributed by atoms with Crippen molar-refractivity contribution in [2.75, 3.05) is 10.2 Å². The largest absolute Gasteiger partial charge is 0.304 e. The molecule has 0 unspecified atom stereocenters. The predicted octanol–water partition coefficient (Wildman–Crippen LogP) is 5.94. The van der Waals surface area contributed by atoms with Crippen LogP contribution >= 0.6 is 34.8 Å². The molecule has 35 heavy (non-hydrogen) atoms. The summed E-state index contributed by atoms with van der Waals surface area (Å²) in [6, 6.07) is 18.0. The molecule has 0 fully saturated rings. The summed E-state index contributed by atoms with van der Waals surface area (Å²) in [5, 5.41) is 8.17. The summed E-state index contributed by atoms with van der Waals surface area (Å²) in [5.74, 6) is -1.25. The van der Waals surface area contributed by atoms with Gasteiger partial charge in [0.2, 0.25) is 0 Å². The first kappa shape index (κ1) is 23.1. The Balaban J connectivity index is 1.36. The van der Waals surface area contributed by atoms with Crippen molar-refractivity contribution in [3.63, 3.8) is 0 Å². The van der Waals surface area contributed by atoms with E-state index in [1.165, 1.54) is 10.7 Å².